The van der Waals surface area contributed by atoms with E-state index < -0.39 is 29.6 Å². The number of rotatable bonds is 9. The fraction of sp³-hybridized carbons (Fsp3) is 0.600. The summed E-state index contributed by atoms with van der Waals surface area (Å²) in [4.78, 5) is 29.8. The molecule has 8 nitrogen and oxygen atoms in total. The summed E-state index contributed by atoms with van der Waals surface area (Å²) in [5, 5.41) is 9.72. The van der Waals surface area contributed by atoms with Crippen LogP contribution in [0.25, 0.3) is 0 Å². The van der Waals surface area contributed by atoms with Gasteiger partial charge in [-0.1, -0.05) is 27.2 Å². The third-order valence-electron chi connectivity index (χ3n) is 3.90. The molecule has 0 aliphatic carbocycles. The molecule has 0 fully saturated rings. The van der Waals surface area contributed by atoms with Gasteiger partial charge in [0.15, 0.2) is 0 Å². The van der Waals surface area contributed by atoms with E-state index in [1.54, 1.807) is 0 Å². The van der Waals surface area contributed by atoms with Crippen LogP contribution in [0.1, 0.15) is 39.3 Å². The van der Waals surface area contributed by atoms with Crippen LogP contribution in [-0.4, -0.2) is 39.1 Å². The molecule has 146 valence electrons. The van der Waals surface area contributed by atoms with Crippen molar-refractivity contribution in [2.24, 2.45) is 11.3 Å². The Bertz CT molecular complexity index is 625. The molecule has 26 heavy (non-hydrogen) atoms. The first kappa shape index (κ1) is 21.6. The standard InChI is InChI=1S/C15H22F3N5O3/c1-4-14(2,3)7-10(8-23(26)9-24)12(25)21-22-13-19-6-5-11(20-13)15(16,17)18/h5-6,9-10,26H,4,7-8H2,1-3H3,(H,21,25)(H,19,20,22)/t10-/m1/s1. The van der Waals surface area contributed by atoms with Gasteiger partial charge >= 0.3 is 6.18 Å². The maximum Gasteiger partial charge on any atom is 0.433 e. The average molecular weight is 377 g/mol. The molecule has 0 aliphatic rings. The number of alkyl halides is 3. The second kappa shape index (κ2) is 8.79. The maximum absolute atomic E-state index is 12.6. The normalized spacial score (nSPS) is 13.0. The van der Waals surface area contributed by atoms with E-state index in [1.165, 1.54) is 0 Å². The van der Waals surface area contributed by atoms with Crippen LogP contribution >= 0.6 is 0 Å². The van der Waals surface area contributed by atoms with Gasteiger partial charge in [-0.15, -0.1) is 0 Å². The molecule has 0 aliphatic heterocycles. The first-order valence-corrected chi connectivity index (χ1v) is 7.85. The molecule has 0 saturated heterocycles. The van der Waals surface area contributed by atoms with E-state index >= 15 is 0 Å². The second-order valence-electron chi connectivity index (χ2n) is 6.52. The van der Waals surface area contributed by atoms with Gasteiger partial charge in [-0.25, -0.2) is 15.0 Å². The summed E-state index contributed by atoms with van der Waals surface area (Å²) in [5.74, 6) is -1.84. The lowest BCUT2D eigenvalue weighted by Crippen LogP contribution is -2.42. The third kappa shape index (κ3) is 6.82. The van der Waals surface area contributed by atoms with Gasteiger partial charge in [0, 0.05) is 6.20 Å². The summed E-state index contributed by atoms with van der Waals surface area (Å²) in [5.41, 5.74) is 3.03. The summed E-state index contributed by atoms with van der Waals surface area (Å²) in [6.45, 7) is 5.50. The van der Waals surface area contributed by atoms with Gasteiger partial charge in [0.05, 0.1) is 12.5 Å². The maximum atomic E-state index is 12.6. The SMILES string of the molecule is CCC(C)(C)C[C@H](CN(O)C=O)C(=O)NNc1nccc(C(F)(F)F)n1. The summed E-state index contributed by atoms with van der Waals surface area (Å²) in [6.07, 6.45) is -2.48. The smallest absolute Gasteiger partial charge is 0.286 e. The predicted molar refractivity (Wildman–Crippen MR) is 85.5 cm³/mol. The minimum Gasteiger partial charge on any atom is -0.286 e. The van der Waals surface area contributed by atoms with Crippen LogP contribution in [0.3, 0.4) is 0 Å². The van der Waals surface area contributed by atoms with Crippen molar-refractivity contribution in [3.05, 3.63) is 18.0 Å². The summed E-state index contributed by atoms with van der Waals surface area (Å²) >= 11 is 0. The largest absolute Gasteiger partial charge is 0.433 e. The van der Waals surface area contributed by atoms with Crippen molar-refractivity contribution < 1.29 is 28.0 Å². The molecule has 1 rings (SSSR count). The summed E-state index contributed by atoms with van der Waals surface area (Å²) in [6, 6.07) is 0.702. The van der Waals surface area contributed by atoms with Gasteiger partial charge < -0.3 is 0 Å². The first-order valence-electron chi connectivity index (χ1n) is 7.85. The van der Waals surface area contributed by atoms with Crippen LogP contribution < -0.4 is 10.9 Å². The minimum absolute atomic E-state index is 0.169. The highest BCUT2D eigenvalue weighted by Crippen LogP contribution is 2.29. The van der Waals surface area contributed by atoms with Crippen LogP contribution in [0, 0.1) is 11.3 Å². The Morgan fingerprint density at radius 3 is 2.62 bits per heavy atom. The van der Waals surface area contributed by atoms with Crippen LogP contribution in [0.2, 0.25) is 0 Å². The molecule has 0 spiro atoms. The van der Waals surface area contributed by atoms with E-state index in [0.717, 1.165) is 12.6 Å². The topological polar surface area (TPSA) is 107 Å². The molecule has 2 amide bonds. The van der Waals surface area contributed by atoms with Gasteiger partial charge in [-0.2, -0.15) is 13.2 Å². The van der Waals surface area contributed by atoms with Gasteiger partial charge in [0.25, 0.3) is 0 Å². The van der Waals surface area contributed by atoms with E-state index in [-0.39, 0.29) is 18.4 Å². The minimum atomic E-state index is -4.64. The number of aromatic nitrogens is 2. The molecular weight excluding hydrogens is 355 g/mol. The van der Waals surface area contributed by atoms with Crippen LogP contribution in [0.5, 0.6) is 0 Å². The molecule has 1 aromatic heterocycles. The zero-order valence-electron chi connectivity index (χ0n) is 14.7. The molecule has 11 heteroatoms. The van der Waals surface area contributed by atoms with E-state index in [4.69, 9.17) is 0 Å². The second-order valence-corrected chi connectivity index (χ2v) is 6.52. The fourth-order valence-corrected chi connectivity index (χ4v) is 2.12. The number of nitrogens with one attached hydrogen (secondary N) is 2. The summed E-state index contributed by atoms with van der Waals surface area (Å²) < 4.78 is 37.9. The Labute approximate surface area is 148 Å². The molecule has 1 heterocycles. The molecule has 0 saturated carbocycles. The van der Waals surface area contributed by atoms with Crippen LogP contribution in [-0.2, 0) is 15.8 Å². The number of anilines is 1. The highest BCUT2D eigenvalue weighted by atomic mass is 19.4. The number of hydrogen-bond donors (Lipinski definition) is 3. The molecule has 3 N–H and O–H groups in total. The van der Waals surface area contributed by atoms with E-state index in [1.807, 2.05) is 20.8 Å². The Morgan fingerprint density at radius 1 is 1.42 bits per heavy atom. The number of nitrogens with zero attached hydrogens (tertiary/aromatic N) is 3. The van der Waals surface area contributed by atoms with Crippen molar-refractivity contribution in [2.75, 3.05) is 12.0 Å². The number of halogens is 3. The third-order valence-corrected chi connectivity index (χ3v) is 3.90. The van der Waals surface area contributed by atoms with Crippen molar-refractivity contribution in [3.8, 4) is 0 Å². The molecule has 0 unspecified atom stereocenters. The molecule has 0 radical (unpaired) electrons. The van der Waals surface area contributed by atoms with Crippen molar-refractivity contribution in [3.63, 3.8) is 0 Å². The summed E-state index contributed by atoms with van der Waals surface area (Å²) in [7, 11) is 0. The van der Waals surface area contributed by atoms with Crippen molar-refractivity contribution in [1.29, 1.82) is 0 Å². The molecular formula is C15H22F3N5O3. The predicted octanol–water partition coefficient (Wildman–Crippen LogP) is 2.23. The number of carbonyl (C=O) groups is 2. The van der Waals surface area contributed by atoms with Crippen molar-refractivity contribution in [2.45, 2.75) is 39.8 Å². The Balaban J connectivity index is 2.81. The highest BCUT2D eigenvalue weighted by molar-refractivity contribution is 5.80. The Morgan fingerprint density at radius 2 is 2.08 bits per heavy atom. The van der Waals surface area contributed by atoms with Crippen LogP contribution in [0.4, 0.5) is 19.1 Å². The molecule has 1 aromatic rings. The van der Waals surface area contributed by atoms with Gasteiger partial charge in [0.1, 0.15) is 5.69 Å². The molecule has 1 atom stereocenters. The number of hydroxylamine groups is 2. The van der Waals surface area contributed by atoms with Gasteiger partial charge in [-0.3, -0.25) is 25.6 Å². The lowest BCUT2D eigenvalue weighted by molar-refractivity contribution is -0.155. The van der Waals surface area contributed by atoms with Gasteiger partial charge in [0.2, 0.25) is 18.3 Å². The number of hydrazine groups is 1. The van der Waals surface area contributed by atoms with Gasteiger partial charge in [-0.05, 0) is 17.9 Å². The Hall–Kier alpha value is -2.43. The van der Waals surface area contributed by atoms with E-state index in [0.29, 0.717) is 17.6 Å². The number of amides is 2. The lowest BCUT2D eigenvalue weighted by Gasteiger charge is -2.29. The quantitative estimate of drug-likeness (QED) is 0.346. The average Bonchev–Trinajstić information content (AvgIpc) is 2.58. The number of carbonyl (C=O) groups excluding carboxylic acids is 2. The number of hydrogen-bond acceptors (Lipinski definition) is 6. The van der Waals surface area contributed by atoms with E-state index in [9.17, 15) is 28.0 Å². The van der Waals surface area contributed by atoms with Crippen LogP contribution in [0.15, 0.2) is 12.3 Å². The Kier molecular flexibility index (Phi) is 7.30. The monoisotopic (exact) mass is 377 g/mol. The first-order chi connectivity index (χ1) is 12.0. The van der Waals surface area contributed by atoms with Crippen molar-refractivity contribution >= 4 is 18.3 Å². The highest BCUT2D eigenvalue weighted by Gasteiger charge is 2.33. The van der Waals surface area contributed by atoms with E-state index in [2.05, 4.69) is 20.8 Å². The zero-order chi connectivity index (χ0) is 20.0. The lowest BCUT2D eigenvalue weighted by atomic mass is 9.80. The zero-order valence-corrected chi connectivity index (χ0v) is 14.7. The van der Waals surface area contributed by atoms with Crippen molar-refractivity contribution in [1.82, 2.24) is 20.5 Å². The molecule has 0 bridgehead atoms. The fourth-order valence-electron chi connectivity index (χ4n) is 2.12. The molecule has 0 aromatic carbocycles.